The summed E-state index contributed by atoms with van der Waals surface area (Å²) in [6.45, 7) is 0. The Morgan fingerprint density at radius 2 is 1.74 bits per heavy atom. The molecular weight excluding hydrogens is 333 g/mol. The summed E-state index contributed by atoms with van der Waals surface area (Å²) in [6, 6.07) is 10.8. The average molecular weight is 346 g/mol. The highest BCUT2D eigenvalue weighted by Crippen LogP contribution is 2.29. The van der Waals surface area contributed by atoms with Gasteiger partial charge in [0.2, 0.25) is 5.95 Å². The van der Waals surface area contributed by atoms with Crippen molar-refractivity contribution in [3.63, 3.8) is 0 Å². The molecule has 0 saturated heterocycles. The first-order valence-electron chi connectivity index (χ1n) is 6.85. The molecule has 0 fully saturated rings. The van der Waals surface area contributed by atoms with E-state index >= 15 is 0 Å². The zero-order chi connectivity index (χ0) is 16.2. The van der Waals surface area contributed by atoms with Crippen molar-refractivity contribution in [2.24, 2.45) is 0 Å². The van der Waals surface area contributed by atoms with Crippen molar-refractivity contribution in [2.45, 2.75) is 0 Å². The van der Waals surface area contributed by atoms with Crippen molar-refractivity contribution in [3.05, 3.63) is 58.8 Å². The second-order valence-corrected chi connectivity index (χ2v) is 5.54. The molecule has 23 heavy (non-hydrogen) atoms. The zero-order valence-corrected chi connectivity index (χ0v) is 13.7. The van der Waals surface area contributed by atoms with Crippen molar-refractivity contribution < 1.29 is 0 Å². The third kappa shape index (κ3) is 3.70. The van der Waals surface area contributed by atoms with Gasteiger partial charge in [0.25, 0.3) is 0 Å². The van der Waals surface area contributed by atoms with Gasteiger partial charge in [-0.2, -0.15) is 4.98 Å². The van der Waals surface area contributed by atoms with Crippen molar-refractivity contribution >= 4 is 40.7 Å². The smallest absolute Gasteiger partial charge is 0.224 e. The third-order valence-corrected chi connectivity index (χ3v) is 3.68. The molecule has 2 aromatic heterocycles. The van der Waals surface area contributed by atoms with Crippen LogP contribution >= 0.6 is 23.2 Å². The molecule has 0 spiro atoms. The number of anilines is 3. The number of hydrogen-bond acceptors (Lipinski definition) is 5. The van der Waals surface area contributed by atoms with E-state index in [1.807, 2.05) is 18.2 Å². The van der Waals surface area contributed by atoms with Gasteiger partial charge in [0, 0.05) is 36.1 Å². The molecule has 0 unspecified atom stereocenters. The summed E-state index contributed by atoms with van der Waals surface area (Å²) in [6.07, 6.45) is 3.44. The van der Waals surface area contributed by atoms with Crippen LogP contribution in [0, 0.1) is 0 Å². The van der Waals surface area contributed by atoms with E-state index in [4.69, 9.17) is 23.2 Å². The van der Waals surface area contributed by atoms with Crippen LogP contribution in [0.1, 0.15) is 0 Å². The van der Waals surface area contributed by atoms with Gasteiger partial charge in [0.15, 0.2) is 0 Å². The molecule has 0 saturated carbocycles. The number of pyridine rings is 1. The van der Waals surface area contributed by atoms with Crippen molar-refractivity contribution in [1.82, 2.24) is 15.0 Å². The molecule has 0 aliphatic rings. The summed E-state index contributed by atoms with van der Waals surface area (Å²) in [7, 11) is 1.77. The first-order chi connectivity index (χ1) is 11.2. The van der Waals surface area contributed by atoms with Gasteiger partial charge in [-0.25, -0.2) is 4.98 Å². The lowest BCUT2D eigenvalue weighted by molar-refractivity contribution is 1.15. The molecule has 0 bridgehead atoms. The number of halogens is 2. The summed E-state index contributed by atoms with van der Waals surface area (Å²) < 4.78 is 0. The molecule has 5 nitrogen and oxygen atoms in total. The van der Waals surface area contributed by atoms with E-state index < -0.39 is 0 Å². The summed E-state index contributed by atoms with van der Waals surface area (Å²) in [4.78, 5) is 12.9. The van der Waals surface area contributed by atoms with Crippen LogP contribution in [0.25, 0.3) is 11.3 Å². The lowest BCUT2D eigenvalue weighted by Crippen LogP contribution is -2.02. The Hall–Kier alpha value is -2.37. The quantitative estimate of drug-likeness (QED) is 0.721. The second kappa shape index (κ2) is 6.81. The van der Waals surface area contributed by atoms with Gasteiger partial charge in [0.05, 0.1) is 16.4 Å². The van der Waals surface area contributed by atoms with Crippen LogP contribution in [0.5, 0.6) is 0 Å². The van der Waals surface area contributed by atoms with Crippen LogP contribution in [0.2, 0.25) is 10.0 Å². The Morgan fingerprint density at radius 3 is 2.48 bits per heavy atom. The van der Waals surface area contributed by atoms with Gasteiger partial charge in [-0.1, -0.05) is 23.2 Å². The summed E-state index contributed by atoms with van der Waals surface area (Å²) in [5, 5.41) is 7.28. The Balaban J connectivity index is 2.00. The lowest BCUT2D eigenvalue weighted by Gasteiger charge is -2.11. The fraction of sp³-hybridized carbons (Fsp3) is 0.0625. The Labute approximate surface area is 143 Å². The lowest BCUT2D eigenvalue weighted by atomic mass is 10.2. The fourth-order valence-electron chi connectivity index (χ4n) is 2.02. The van der Waals surface area contributed by atoms with E-state index in [2.05, 4.69) is 25.6 Å². The maximum Gasteiger partial charge on any atom is 0.224 e. The zero-order valence-electron chi connectivity index (χ0n) is 12.2. The molecule has 1 aromatic carbocycles. The first-order valence-corrected chi connectivity index (χ1v) is 7.60. The van der Waals surface area contributed by atoms with Gasteiger partial charge in [-0.15, -0.1) is 0 Å². The van der Waals surface area contributed by atoms with Crippen molar-refractivity contribution in [1.29, 1.82) is 0 Å². The minimum Gasteiger partial charge on any atom is -0.357 e. The number of hydrogen-bond donors (Lipinski definition) is 2. The number of rotatable bonds is 4. The molecular formula is C16H13Cl2N5. The van der Waals surface area contributed by atoms with Crippen molar-refractivity contribution in [3.8, 4) is 11.3 Å². The van der Waals surface area contributed by atoms with Crippen LogP contribution in [-0.2, 0) is 0 Å². The predicted octanol–water partition coefficient (Wildman–Crippen LogP) is 4.63. The van der Waals surface area contributed by atoms with Gasteiger partial charge >= 0.3 is 0 Å². The topological polar surface area (TPSA) is 62.7 Å². The summed E-state index contributed by atoms with van der Waals surface area (Å²) in [5.74, 6) is 1.11. The molecule has 0 radical (unpaired) electrons. The molecule has 0 amide bonds. The van der Waals surface area contributed by atoms with Gasteiger partial charge in [0.1, 0.15) is 5.82 Å². The molecule has 2 heterocycles. The number of nitrogens with one attached hydrogen (secondary N) is 2. The minimum absolute atomic E-state index is 0.500. The van der Waals surface area contributed by atoms with E-state index in [1.54, 1.807) is 37.6 Å². The highest BCUT2D eigenvalue weighted by atomic mass is 35.5. The molecule has 116 valence electrons. The minimum atomic E-state index is 0.500. The Kier molecular flexibility index (Phi) is 4.60. The number of benzene rings is 1. The molecule has 0 atom stereocenters. The highest BCUT2D eigenvalue weighted by Gasteiger charge is 2.08. The second-order valence-electron chi connectivity index (χ2n) is 4.70. The SMILES string of the molecule is CNc1nc(Nc2cc(Cl)ccc2Cl)cc(-c2ccncc2)n1. The standard InChI is InChI=1S/C16H13Cl2N5/c1-19-16-22-13(10-4-6-20-7-5-10)9-15(23-16)21-14-8-11(17)2-3-12(14)18/h2-9H,1H3,(H2,19,21,22,23). The van der Waals surface area contributed by atoms with Gasteiger partial charge < -0.3 is 10.6 Å². The van der Waals surface area contributed by atoms with Crippen LogP contribution in [0.4, 0.5) is 17.5 Å². The van der Waals surface area contributed by atoms with Gasteiger partial charge in [-0.3, -0.25) is 4.98 Å². The fourth-order valence-corrected chi connectivity index (χ4v) is 2.36. The molecule has 3 rings (SSSR count). The van der Waals surface area contributed by atoms with E-state index in [0.717, 1.165) is 11.3 Å². The maximum absolute atomic E-state index is 6.19. The third-order valence-electron chi connectivity index (χ3n) is 3.12. The van der Waals surface area contributed by atoms with Crippen LogP contribution in [0.15, 0.2) is 48.8 Å². The van der Waals surface area contributed by atoms with Crippen LogP contribution in [0.3, 0.4) is 0 Å². The average Bonchev–Trinajstić information content (AvgIpc) is 2.58. The molecule has 2 N–H and O–H groups in total. The molecule has 0 aliphatic heterocycles. The number of aromatic nitrogens is 3. The Bertz CT molecular complexity index is 824. The van der Waals surface area contributed by atoms with E-state index in [0.29, 0.717) is 27.5 Å². The largest absolute Gasteiger partial charge is 0.357 e. The highest BCUT2D eigenvalue weighted by molar-refractivity contribution is 6.35. The maximum atomic E-state index is 6.19. The monoisotopic (exact) mass is 345 g/mol. The van der Waals surface area contributed by atoms with Crippen molar-refractivity contribution in [2.75, 3.05) is 17.7 Å². The van der Waals surface area contributed by atoms with E-state index in [-0.39, 0.29) is 0 Å². The van der Waals surface area contributed by atoms with Gasteiger partial charge in [-0.05, 0) is 30.3 Å². The van der Waals surface area contributed by atoms with E-state index in [1.165, 1.54) is 0 Å². The van der Waals surface area contributed by atoms with Crippen LogP contribution in [-0.4, -0.2) is 22.0 Å². The molecule has 7 heteroatoms. The van der Waals surface area contributed by atoms with E-state index in [9.17, 15) is 0 Å². The predicted molar refractivity (Wildman–Crippen MR) is 94.6 cm³/mol. The normalized spacial score (nSPS) is 10.4. The summed E-state index contributed by atoms with van der Waals surface area (Å²) >= 11 is 12.2. The van der Waals surface area contributed by atoms with Crippen LogP contribution < -0.4 is 10.6 Å². The summed E-state index contributed by atoms with van der Waals surface area (Å²) in [5.41, 5.74) is 2.40. The molecule has 3 aromatic rings. The Morgan fingerprint density at radius 1 is 0.957 bits per heavy atom. The first kappa shape index (κ1) is 15.5. The number of nitrogens with zero attached hydrogens (tertiary/aromatic N) is 3. The molecule has 0 aliphatic carbocycles.